The molecule has 0 amide bonds. The molecule has 3 heterocycles. The van der Waals surface area contributed by atoms with Crippen molar-refractivity contribution < 1.29 is 174 Å². The van der Waals surface area contributed by atoms with E-state index in [0.29, 0.717) is 0 Å². The SMILES string of the molecule is C#C[C@]1(F)C[C@@H](COP(=O)([O-])OP(=O)([O-])OP(=O)([O-])[O-])O[C@@H]1n1cnc2c(=O)[nH]c(N)nc21.[Na+].[Na+].[Na+].[Na+]. The molecule has 0 bridgehead atoms. The first kappa shape index (κ1) is 41.1. The molecule has 0 aromatic carbocycles. The molecule has 37 heavy (non-hydrogen) atoms. The minimum Gasteiger partial charge on any atom is -0.790 e. The van der Waals surface area contributed by atoms with Gasteiger partial charge in [0, 0.05) is 6.42 Å². The molecule has 1 saturated heterocycles. The van der Waals surface area contributed by atoms with Crippen molar-refractivity contribution >= 4 is 40.6 Å². The maximum absolute atomic E-state index is 15.3. The van der Waals surface area contributed by atoms with Crippen molar-refractivity contribution in [3.05, 3.63) is 16.7 Å². The van der Waals surface area contributed by atoms with Gasteiger partial charge in [0.15, 0.2) is 17.4 Å². The summed E-state index contributed by atoms with van der Waals surface area (Å²) < 4.78 is 65.5. The number of imidazole rings is 1. The van der Waals surface area contributed by atoms with E-state index in [-0.39, 0.29) is 135 Å². The van der Waals surface area contributed by atoms with Gasteiger partial charge >= 0.3 is 118 Å². The molecule has 25 heteroatoms. The Kier molecular flexibility index (Phi) is 17.2. The van der Waals surface area contributed by atoms with Crippen LogP contribution < -0.4 is 149 Å². The molecule has 2 aromatic heterocycles. The van der Waals surface area contributed by atoms with Gasteiger partial charge in [-0.2, -0.15) is 4.98 Å². The smallest absolute Gasteiger partial charge is 0.790 e. The number of anilines is 1. The summed E-state index contributed by atoms with van der Waals surface area (Å²) in [5, 5.41) is 0. The number of rotatable bonds is 8. The van der Waals surface area contributed by atoms with E-state index in [1.165, 1.54) is 0 Å². The molecule has 3 N–H and O–H groups in total. The normalized spacial score (nSPS) is 24.2. The number of nitrogen functional groups attached to an aromatic ring is 1. The third-order valence-corrected chi connectivity index (χ3v) is 7.66. The Hall–Kier alpha value is 2.01. The van der Waals surface area contributed by atoms with Crippen molar-refractivity contribution in [2.24, 2.45) is 0 Å². The van der Waals surface area contributed by atoms with Crippen LogP contribution in [0.1, 0.15) is 12.6 Å². The molecule has 3 rings (SSSR count). The number of ether oxygens (including phenoxy) is 1. The van der Waals surface area contributed by atoms with E-state index < -0.39 is 60.1 Å². The first-order valence-corrected chi connectivity index (χ1v) is 12.7. The van der Waals surface area contributed by atoms with E-state index >= 15 is 4.39 Å². The second-order valence-corrected chi connectivity index (χ2v) is 10.6. The number of hydrogen-bond acceptors (Lipinski definition) is 15. The summed E-state index contributed by atoms with van der Waals surface area (Å²) in [6.45, 7) is -1.06. The molecule has 5 atom stereocenters. The molecule has 1 aliphatic rings. The van der Waals surface area contributed by atoms with Crippen molar-refractivity contribution in [3.8, 4) is 12.3 Å². The molecular weight excluding hydrogens is 610 g/mol. The van der Waals surface area contributed by atoms with Crippen LogP contribution in [0.5, 0.6) is 0 Å². The quantitative estimate of drug-likeness (QED) is 0.157. The van der Waals surface area contributed by atoms with E-state index in [1.54, 1.807) is 0 Å². The second-order valence-electron chi connectivity index (χ2n) is 6.40. The van der Waals surface area contributed by atoms with Gasteiger partial charge in [0.1, 0.15) is 0 Å². The number of aromatic nitrogens is 4. The van der Waals surface area contributed by atoms with Crippen LogP contribution in [0.15, 0.2) is 11.1 Å². The first-order chi connectivity index (χ1) is 15.0. The van der Waals surface area contributed by atoms with Gasteiger partial charge in [-0.25, -0.2) is 13.7 Å². The fraction of sp³-hybridized carbons (Fsp3) is 0.417. The molecule has 0 spiro atoms. The Labute approximate surface area is 295 Å². The number of phosphoric ester groups is 1. The minimum absolute atomic E-state index is 0. The number of nitrogens with zero attached hydrogens (tertiary/aromatic N) is 3. The number of fused-ring (bicyclic) bond motifs is 1. The Balaban J connectivity index is 0. The summed E-state index contributed by atoms with van der Waals surface area (Å²) in [5.41, 5.74) is 1.68. The van der Waals surface area contributed by atoms with Crippen molar-refractivity contribution in [3.63, 3.8) is 0 Å². The summed E-state index contributed by atoms with van der Waals surface area (Å²) in [6.07, 6.45) is 2.40. The topological polar surface area (TPSA) is 270 Å². The number of terminal acetylenes is 1. The average Bonchev–Trinajstić information content (AvgIpc) is 3.18. The Morgan fingerprint density at radius 2 is 1.81 bits per heavy atom. The molecule has 2 aromatic rings. The van der Waals surface area contributed by atoms with Crippen LogP contribution in [0.2, 0.25) is 0 Å². The predicted octanol–water partition coefficient (Wildman–Crippen LogP) is -14.8. The van der Waals surface area contributed by atoms with Crippen molar-refractivity contribution in [2.45, 2.75) is 24.4 Å². The zero-order chi connectivity index (χ0) is 24.8. The fourth-order valence-electron chi connectivity index (χ4n) is 2.86. The third kappa shape index (κ3) is 11.0. The van der Waals surface area contributed by atoms with Crippen molar-refractivity contribution in [2.75, 3.05) is 12.3 Å². The van der Waals surface area contributed by atoms with Gasteiger partial charge in [0.2, 0.25) is 11.6 Å². The Morgan fingerprint density at radius 3 is 2.35 bits per heavy atom. The van der Waals surface area contributed by atoms with Crippen LogP contribution in [-0.4, -0.2) is 37.9 Å². The maximum atomic E-state index is 15.3. The number of nitrogens with two attached hydrogens (primary N) is 1. The van der Waals surface area contributed by atoms with Gasteiger partial charge in [-0.1, -0.05) is 5.92 Å². The number of aromatic amines is 1. The van der Waals surface area contributed by atoms with E-state index in [0.717, 1.165) is 10.9 Å². The number of H-pyrrole nitrogens is 1. The van der Waals surface area contributed by atoms with E-state index in [2.05, 4.69) is 28.1 Å². The molecule has 2 unspecified atom stereocenters. The molecule has 0 saturated carbocycles. The zero-order valence-electron chi connectivity index (χ0n) is 19.8. The average molecular weight is 621 g/mol. The molecular formula is C12H11FN5Na4O12P3. The summed E-state index contributed by atoms with van der Waals surface area (Å²) >= 11 is 0. The van der Waals surface area contributed by atoms with Crippen LogP contribution in [-0.2, 0) is 31.6 Å². The van der Waals surface area contributed by atoms with E-state index in [1.807, 2.05) is 5.92 Å². The summed E-state index contributed by atoms with van der Waals surface area (Å²) in [6, 6.07) is 0. The molecule has 1 fully saturated rings. The molecule has 1 aliphatic heterocycles. The van der Waals surface area contributed by atoms with Crippen molar-refractivity contribution in [1.82, 2.24) is 19.5 Å². The fourth-order valence-corrected chi connectivity index (χ4v) is 5.74. The first-order valence-electron chi connectivity index (χ1n) is 8.30. The van der Waals surface area contributed by atoms with Gasteiger partial charge in [-0.3, -0.25) is 27.8 Å². The maximum Gasteiger partial charge on any atom is 1.00 e. The Bertz CT molecular complexity index is 1340. The largest absolute Gasteiger partial charge is 1.00 e. The minimum atomic E-state index is -6.17. The number of hydrogen-bond donors (Lipinski definition) is 2. The van der Waals surface area contributed by atoms with Gasteiger partial charge in [0.05, 0.1) is 26.9 Å². The molecule has 0 aliphatic carbocycles. The van der Waals surface area contributed by atoms with E-state index in [9.17, 15) is 38.1 Å². The summed E-state index contributed by atoms with van der Waals surface area (Å²) in [4.78, 5) is 65.2. The molecule has 182 valence electrons. The number of nitrogens with one attached hydrogen (secondary N) is 1. The molecule has 0 radical (unpaired) electrons. The van der Waals surface area contributed by atoms with Crippen molar-refractivity contribution in [1.29, 1.82) is 0 Å². The van der Waals surface area contributed by atoms with Crippen LogP contribution in [0.3, 0.4) is 0 Å². The van der Waals surface area contributed by atoms with Gasteiger partial charge in [-0.05, 0) is 0 Å². The monoisotopic (exact) mass is 621 g/mol. The van der Waals surface area contributed by atoms with Crippen LogP contribution in [0.25, 0.3) is 11.2 Å². The van der Waals surface area contributed by atoms with E-state index in [4.69, 9.17) is 16.9 Å². The van der Waals surface area contributed by atoms with Crippen LogP contribution >= 0.6 is 23.5 Å². The van der Waals surface area contributed by atoms with Gasteiger partial charge in [0.25, 0.3) is 21.2 Å². The standard InChI is InChI=1S/C12H15FN5O12P3.4Na/c1-2-12(13)3-6(4-27-32(23,24)30-33(25,26)29-31(20,21)22)28-10(12)18-5-15-7-8(18)16-11(14)17-9(7)19;;;;/h1,5-6,10H,3-4H2,(H,23,24)(H,25,26)(H2,20,21,22)(H3,14,16,17,19);;;;/q;4*+1/p-4/t6-,10-,12-;;;;/m0..../s1. The number of alkyl halides is 1. The Morgan fingerprint density at radius 1 is 1.22 bits per heavy atom. The number of halogens is 1. The third-order valence-electron chi connectivity index (χ3n) is 4.00. The molecule has 17 nitrogen and oxygen atoms in total. The second kappa shape index (κ2) is 15.5. The van der Waals surface area contributed by atoms with Crippen LogP contribution in [0.4, 0.5) is 10.3 Å². The summed E-state index contributed by atoms with van der Waals surface area (Å²) in [7, 11) is -18.2. The zero-order valence-corrected chi connectivity index (χ0v) is 30.4. The number of phosphoric acid groups is 3. The van der Waals surface area contributed by atoms with Crippen LogP contribution in [0, 0.1) is 12.3 Å². The summed E-state index contributed by atoms with van der Waals surface area (Å²) in [5.74, 6) is 1.50. The van der Waals surface area contributed by atoms with Gasteiger partial charge < -0.3 is 39.1 Å². The predicted molar refractivity (Wildman–Crippen MR) is 94.7 cm³/mol. The van der Waals surface area contributed by atoms with Gasteiger partial charge in [-0.15, -0.1) is 6.42 Å².